The molecule has 19 heavy (non-hydrogen) atoms. The lowest BCUT2D eigenvalue weighted by atomic mass is 10.1. The molecule has 3 heteroatoms. The van der Waals surface area contributed by atoms with Gasteiger partial charge in [-0.1, -0.05) is 42.5 Å². The number of aliphatic hydroxyl groups is 1. The molecule has 0 heterocycles. The highest BCUT2D eigenvalue weighted by molar-refractivity contribution is 5.87. The van der Waals surface area contributed by atoms with Gasteiger partial charge in [0.15, 0.2) is 0 Å². The van der Waals surface area contributed by atoms with Crippen molar-refractivity contribution in [2.75, 3.05) is 6.54 Å². The summed E-state index contributed by atoms with van der Waals surface area (Å²) < 4.78 is 0. The zero-order chi connectivity index (χ0) is 14.6. The van der Waals surface area contributed by atoms with Crippen LogP contribution in [0.3, 0.4) is 0 Å². The molecule has 3 nitrogen and oxygen atoms in total. The Morgan fingerprint density at radius 3 is 2.37 bits per heavy atom. The van der Waals surface area contributed by atoms with Crippen LogP contribution in [0.25, 0.3) is 0 Å². The predicted octanol–water partition coefficient (Wildman–Crippen LogP) is 2.90. The molecule has 106 valence electrons. The Bertz CT molecular complexity index is 357. The molecule has 0 bridgehead atoms. The SMILES string of the molecule is C/C=C/CC\C=C/C=C/C=C/C(=O)NCC(C)(C)O. The fraction of sp³-hybridized carbons (Fsp3) is 0.438. The third-order valence-electron chi connectivity index (χ3n) is 2.15. The maximum atomic E-state index is 11.3. The van der Waals surface area contributed by atoms with E-state index in [1.807, 2.05) is 25.2 Å². The van der Waals surface area contributed by atoms with Gasteiger partial charge >= 0.3 is 0 Å². The summed E-state index contributed by atoms with van der Waals surface area (Å²) in [6.45, 7) is 5.55. The molecule has 2 N–H and O–H groups in total. The van der Waals surface area contributed by atoms with E-state index in [1.54, 1.807) is 26.0 Å². The van der Waals surface area contributed by atoms with Gasteiger partial charge in [-0.3, -0.25) is 4.79 Å². The average molecular weight is 263 g/mol. The Morgan fingerprint density at radius 1 is 1.11 bits per heavy atom. The molecule has 1 amide bonds. The van der Waals surface area contributed by atoms with Crippen molar-refractivity contribution in [3.05, 3.63) is 48.6 Å². The van der Waals surface area contributed by atoms with Gasteiger partial charge in [0.1, 0.15) is 0 Å². The number of unbranched alkanes of at least 4 members (excludes halogenated alkanes) is 1. The Labute approximate surface area is 116 Å². The lowest BCUT2D eigenvalue weighted by Gasteiger charge is -2.16. The number of hydrogen-bond donors (Lipinski definition) is 2. The van der Waals surface area contributed by atoms with Gasteiger partial charge in [-0.25, -0.2) is 0 Å². The summed E-state index contributed by atoms with van der Waals surface area (Å²) >= 11 is 0. The molecule has 0 aliphatic rings. The third-order valence-corrected chi connectivity index (χ3v) is 2.15. The molecule has 0 rings (SSSR count). The van der Waals surface area contributed by atoms with E-state index in [1.165, 1.54) is 6.08 Å². The zero-order valence-electron chi connectivity index (χ0n) is 12.1. The van der Waals surface area contributed by atoms with E-state index in [0.29, 0.717) is 0 Å². The summed E-state index contributed by atoms with van der Waals surface area (Å²) in [6, 6.07) is 0. The lowest BCUT2D eigenvalue weighted by molar-refractivity contribution is -0.117. The third kappa shape index (κ3) is 14.3. The van der Waals surface area contributed by atoms with Crippen LogP contribution in [0.1, 0.15) is 33.6 Å². The van der Waals surface area contributed by atoms with Crippen LogP contribution in [0, 0.1) is 0 Å². The van der Waals surface area contributed by atoms with Gasteiger partial charge in [-0.2, -0.15) is 0 Å². The van der Waals surface area contributed by atoms with E-state index in [-0.39, 0.29) is 12.5 Å². The van der Waals surface area contributed by atoms with Gasteiger partial charge in [-0.15, -0.1) is 0 Å². The van der Waals surface area contributed by atoms with Gasteiger partial charge in [0, 0.05) is 12.6 Å². The second-order valence-electron chi connectivity index (χ2n) is 4.85. The normalized spacial score (nSPS) is 13.3. The largest absolute Gasteiger partial charge is 0.389 e. The van der Waals surface area contributed by atoms with Gasteiger partial charge in [-0.05, 0) is 33.6 Å². The van der Waals surface area contributed by atoms with Crippen molar-refractivity contribution in [1.82, 2.24) is 5.32 Å². The lowest BCUT2D eigenvalue weighted by Crippen LogP contribution is -2.37. The minimum absolute atomic E-state index is 0.205. The minimum atomic E-state index is -0.880. The molecule has 0 spiro atoms. The number of nitrogens with one attached hydrogen (secondary N) is 1. The number of carbonyl (C=O) groups excluding carboxylic acids is 1. The number of hydrogen-bond acceptors (Lipinski definition) is 2. The van der Waals surface area contributed by atoms with Gasteiger partial charge in [0.25, 0.3) is 0 Å². The minimum Gasteiger partial charge on any atom is -0.389 e. The first-order valence-electron chi connectivity index (χ1n) is 6.57. The molecule has 0 aromatic carbocycles. The first kappa shape index (κ1) is 17.4. The van der Waals surface area contributed by atoms with E-state index in [0.717, 1.165) is 12.8 Å². The van der Waals surface area contributed by atoms with Gasteiger partial charge < -0.3 is 10.4 Å². The molecule has 0 radical (unpaired) electrons. The van der Waals surface area contributed by atoms with Crippen LogP contribution >= 0.6 is 0 Å². The smallest absolute Gasteiger partial charge is 0.244 e. The van der Waals surface area contributed by atoms with E-state index in [4.69, 9.17) is 0 Å². The van der Waals surface area contributed by atoms with Crippen LogP contribution in [0.2, 0.25) is 0 Å². The van der Waals surface area contributed by atoms with E-state index < -0.39 is 5.60 Å². The highest BCUT2D eigenvalue weighted by Crippen LogP contribution is 1.97. The first-order valence-corrected chi connectivity index (χ1v) is 6.57. The number of carbonyl (C=O) groups is 1. The fourth-order valence-corrected chi connectivity index (χ4v) is 1.17. The van der Waals surface area contributed by atoms with E-state index >= 15 is 0 Å². The topological polar surface area (TPSA) is 49.3 Å². The number of amides is 1. The van der Waals surface area contributed by atoms with Gasteiger partial charge in [0.2, 0.25) is 5.91 Å². The quantitative estimate of drug-likeness (QED) is 0.306. The molecular formula is C16H25NO2. The van der Waals surface area contributed by atoms with Crippen molar-refractivity contribution in [2.45, 2.75) is 39.2 Å². The zero-order valence-corrected chi connectivity index (χ0v) is 12.1. The highest BCUT2D eigenvalue weighted by atomic mass is 16.3. The monoisotopic (exact) mass is 263 g/mol. The summed E-state index contributed by atoms with van der Waals surface area (Å²) in [5.74, 6) is -0.205. The maximum absolute atomic E-state index is 11.3. The molecule has 0 aliphatic carbocycles. The Morgan fingerprint density at radius 2 is 1.74 bits per heavy atom. The summed E-state index contributed by atoms with van der Waals surface area (Å²) in [7, 11) is 0. The van der Waals surface area contributed by atoms with Crippen molar-refractivity contribution in [2.24, 2.45) is 0 Å². The molecule has 0 saturated carbocycles. The Balaban J connectivity index is 3.79. The number of rotatable bonds is 8. The molecule has 0 fully saturated rings. The maximum Gasteiger partial charge on any atom is 0.244 e. The van der Waals surface area contributed by atoms with Crippen molar-refractivity contribution in [3.8, 4) is 0 Å². The summed E-state index contributed by atoms with van der Waals surface area (Å²) in [5, 5.41) is 12.0. The second kappa shape index (κ2) is 10.3. The molecule has 0 saturated heterocycles. The van der Waals surface area contributed by atoms with Gasteiger partial charge in [0.05, 0.1) is 5.60 Å². The molecule has 0 atom stereocenters. The standard InChI is InChI=1S/C16H25NO2/c1-4-5-6-7-8-9-10-11-12-13-15(18)17-14-16(2,3)19/h4-5,8-13,19H,6-7,14H2,1-3H3,(H,17,18)/b5-4+,9-8-,11-10+,13-12+. The van der Waals surface area contributed by atoms with E-state index in [9.17, 15) is 9.90 Å². The number of allylic oxidation sites excluding steroid dienone is 7. The van der Waals surface area contributed by atoms with Crippen LogP contribution in [0.5, 0.6) is 0 Å². The Hall–Kier alpha value is -1.61. The summed E-state index contributed by atoms with van der Waals surface area (Å²) in [6.07, 6.45) is 17.1. The molecule has 0 aromatic rings. The van der Waals surface area contributed by atoms with Crippen LogP contribution in [-0.2, 0) is 4.79 Å². The van der Waals surface area contributed by atoms with Crippen molar-refractivity contribution in [3.63, 3.8) is 0 Å². The fourth-order valence-electron chi connectivity index (χ4n) is 1.17. The van der Waals surface area contributed by atoms with Crippen LogP contribution in [0.4, 0.5) is 0 Å². The van der Waals surface area contributed by atoms with Crippen LogP contribution in [0.15, 0.2) is 48.6 Å². The van der Waals surface area contributed by atoms with Crippen molar-refractivity contribution < 1.29 is 9.90 Å². The summed E-state index contributed by atoms with van der Waals surface area (Å²) in [4.78, 5) is 11.3. The summed E-state index contributed by atoms with van der Waals surface area (Å²) in [5.41, 5.74) is -0.880. The van der Waals surface area contributed by atoms with Crippen molar-refractivity contribution in [1.29, 1.82) is 0 Å². The molecule has 0 aromatic heterocycles. The predicted molar refractivity (Wildman–Crippen MR) is 80.8 cm³/mol. The van der Waals surface area contributed by atoms with Crippen LogP contribution in [-0.4, -0.2) is 23.2 Å². The van der Waals surface area contributed by atoms with Crippen LogP contribution < -0.4 is 5.32 Å². The second-order valence-corrected chi connectivity index (χ2v) is 4.85. The molecule has 0 unspecified atom stereocenters. The Kier molecular flexibility index (Phi) is 9.45. The molecular weight excluding hydrogens is 238 g/mol. The average Bonchev–Trinajstić information content (AvgIpc) is 2.33. The van der Waals surface area contributed by atoms with Crippen molar-refractivity contribution >= 4 is 5.91 Å². The van der Waals surface area contributed by atoms with E-state index in [2.05, 4.69) is 17.5 Å². The molecule has 0 aliphatic heterocycles. The highest BCUT2D eigenvalue weighted by Gasteiger charge is 2.12. The first-order chi connectivity index (χ1) is 8.95.